The average molecular weight is 308 g/mol. The molecular weight excluding hydrogens is 286 g/mol. The van der Waals surface area contributed by atoms with E-state index in [2.05, 4.69) is 33.6 Å². The number of rotatable bonds is 5. The summed E-state index contributed by atoms with van der Waals surface area (Å²) in [6.45, 7) is 1.91. The maximum Gasteiger partial charge on any atom is 0.0847 e. The first kappa shape index (κ1) is 15.8. The molecule has 0 aliphatic heterocycles. The zero-order valence-corrected chi connectivity index (χ0v) is 13.6. The molecule has 3 N–H and O–H groups in total. The number of nitrogens with two attached hydrogens (primary N) is 1. The van der Waals surface area contributed by atoms with Crippen LogP contribution in [-0.2, 0) is 13.5 Å². The van der Waals surface area contributed by atoms with Crippen molar-refractivity contribution in [1.82, 2.24) is 15.2 Å². The average Bonchev–Trinajstić information content (AvgIpc) is 2.70. The Morgan fingerprint density at radius 1 is 1.43 bits per heavy atom. The van der Waals surface area contributed by atoms with Crippen molar-refractivity contribution in [2.75, 3.05) is 19.0 Å². The predicted octanol–water partition coefficient (Wildman–Crippen LogP) is 2.20. The zero-order valence-electron chi connectivity index (χ0n) is 12.9. The Balaban J connectivity index is 2.30. The minimum absolute atomic E-state index is 0.0165. The fourth-order valence-corrected chi connectivity index (χ4v) is 2.63. The molecule has 0 saturated heterocycles. The van der Waals surface area contributed by atoms with Crippen molar-refractivity contribution < 1.29 is 0 Å². The van der Waals surface area contributed by atoms with Crippen molar-refractivity contribution in [3.05, 3.63) is 46.2 Å². The molecule has 2 aromatic rings. The highest BCUT2D eigenvalue weighted by atomic mass is 35.5. The first-order chi connectivity index (χ1) is 9.93. The first-order valence-electron chi connectivity index (χ1n) is 6.85. The summed E-state index contributed by atoms with van der Waals surface area (Å²) in [4.78, 5) is 2.07. The van der Waals surface area contributed by atoms with Gasteiger partial charge in [0.15, 0.2) is 0 Å². The number of hydrogen-bond acceptors (Lipinski definition) is 4. The quantitative estimate of drug-likeness (QED) is 0.657. The van der Waals surface area contributed by atoms with Crippen molar-refractivity contribution >= 4 is 17.3 Å². The van der Waals surface area contributed by atoms with Crippen LogP contribution in [0.2, 0.25) is 5.02 Å². The smallest absolute Gasteiger partial charge is 0.0847 e. The molecule has 0 amide bonds. The lowest BCUT2D eigenvalue weighted by Crippen LogP contribution is -2.30. The molecular formula is C15H22ClN5. The summed E-state index contributed by atoms with van der Waals surface area (Å²) in [6, 6.07) is 8.27. The van der Waals surface area contributed by atoms with E-state index in [0.717, 1.165) is 22.6 Å². The minimum Gasteiger partial charge on any atom is -0.378 e. The van der Waals surface area contributed by atoms with Gasteiger partial charge in [0.1, 0.15) is 0 Å². The standard InChI is InChI=1S/C15H22ClN5/c1-10-15(16)14(21(4)19-10)9-13(18-17)11-6-5-7-12(8-11)20(2)3/h5-8,13,18H,9,17H2,1-4H3. The van der Waals surface area contributed by atoms with Gasteiger partial charge in [0.2, 0.25) is 0 Å². The molecule has 1 aromatic heterocycles. The Labute approximate surface area is 130 Å². The molecule has 5 nitrogen and oxygen atoms in total. The normalized spacial score (nSPS) is 12.5. The van der Waals surface area contributed by atoms with Crippen LogP contribution in [0, 0.1) is 6.92 Å². The lowest BCUT2D eigenvalue weighted by molar-refractivity contribution is 0.530. The lowest BCUT2D eigenvalue weighted by atomic mass is 10.0. The third-order valence-corrected chi connectivity index (χ3v) is 4.14. The number of aromatic nitrogens is 2. The third-order valence-electron chi connectivity index (χ3n) is 3.65. The number of halogens is 1. The number of nitrogens with zero attached hydrogens (tertiary/aromatic N) is 3. The number of hydrazine groups is 1. The van der Waals surface area contributed by atoms with E-state index in [1.165, 1.54) is 0 Å². The van der Waals surface area contributed by atoms with E-state index in [4.69, 9.17) is 17.4 Å². The fraction of sp³-hybridized carbons (Fsp3) is 0.400. The highest BCUT2D eigenvalue weighted by Crippen LogP contribution is 2.26. The molecule has 2 rings (SSSR count). The molecule has 1 aromatic carbocycles. The van der Waals surface area contributed by atoms with Crippen LogP contribution in [-0.4, -0.2) is 23.9 Å². The van der Waals surface area contributed by atoms with Crippen LogP contribution in [0.3, 0.4) is 0 Å². The zero-order chi connectivity index (χ0) is 15.6. The molecule has 0 spiro atoms. The predicted molar refractivity (Wildman–Crippen MR) is 87.5 cm³/mol. The van der Waals surface area contributed by atoms with Crippen LogP contribution in [0.25, 0.3) is 0 Å². The largest absolute Gasteiger partial charge is 0.378 e. The third kappa shape index (κ3) is 3.37. The highest BCUT2D eigenvalue weighted by Gasteiger charge is 2.18. The molecule has 114 valence electrons. The summed E-state index contributed by atoms with van der Waals surface area (Å²) in [7, 11) is 5.94. The van der Waals surface area contributed by atoms with Crippen molar-refractivity contribution in [1.29, 1.82) is 0 Å². The van der Waals surface area contributed by atoms with E-state index >= 15 is 0 Å². The monoisotopic (exact) mass is 307 g/mol. The number of aryl methyl sites for hydroxylation is 2. The molecule has 0 saturated carbocycles. The van der Waals surface area contributed by atoms with E-state index in [1.54, 1.807) is 0 Å². The Kier molecular flexibility index (Phi) is 4.88. The van der Waals surface area contributed by atoms with Gasteiger partial charge in [-0.1, -0.05) is 23.7 Å². The fourth-order valence-electron chi connectivity index (χ4n) is 2.39. The van der Waals surface area contributed by atoms with Crippen molar-refractivity contribution in [3.8, 4) is 0 Å². The van der Waals surface area contributed by atoms with Gasteiger partial charge in [-0.05, 0) is 24.6 Å². The summed E-state index contributed by atoms with van der Waals surface area (Å²) in [5.74, 6) is 5.75. The summed E-state index contributed by atoms with van der Waals surface area (Å²) >= 11 is 6.32. The van der Waals surface area contributed by atoms with E-state index in [1.807, 2.05) is 38.8 Å². The summed E-state index contributed by atoms with van der Waals surface area (Å²) in [5.41, 5.74) is 6.96. The Bertz CT molecular complexity index is 621. The van der Waals surface area contributed by atoms with Gasteiger partial charge in [-0.2, -0.15) is 5.10 Å². The van der Waals surface area contributed by atoms with Gasteiger partial charge < -0.3 is 4.90 Å². The molecule has 1 unspecified atom stereocenters. The van der Waals surface area contributed by atoms with Gasteiger partial charge in [-0.15, -0.1) is 0 Å². The van der Waals surface area contributed by atoms with Gasteiger partial charge in [-0.25, -0.2) is 0 Å². The molecule has 0 radical (unpaired) electrons. The molecule has 6 heteroatoms. The van der Waals surface area contributed by atoms with Crippen LogP contribution in [0.4, 0.5) is 5.69 Å². The molecule has 0 fully saturated rings. The Hall–Kier alpha value is -1.56. The van der Waals surface area contributed by atoms with E-state index in [9.17, 15) is 0 Å². The van der Waals surface area contributed by atoms with E-state index < -0.39 is 0 Å². The Morgan fingerprint density at radius 2 is 2.14 bits per heavy atom. The van der Waals surface area contributed by atoms with Crippen LogP contribution in [0.1, 0.15) is 23.0 Å². The van der Waals surface area contributed by atoms with Crippen LogP contribution in [0.5, 0.6) is 0 Å². The maximum atomic E-state index is 6.32. The summed E-state index contributed by atoms with van der Waals surface area (Å²) < 4.78 is 1.82. The second-order valence-electron chi connectivity index (χ2n) is 5.38. The van der Waals surface area contributed by atoms with Gasteiger partial charge >= 0.3 is 0 Å². The van der Waals surface area contributed by atoms with Gasteiger partial charge in [-0.3, -0.25) is 16.0 Å². The van der Waals surface area contributed by atoms with Gasteiger partial charge in [0, 0.05) is 33.3 Å². The summed E-state index contributed by atoms with van der Waals surface area (Å²) in [6.07, 6.45) is 0.684. The first-order valence-corrected chi connectivity index (χ1v) is 7.23. The molecule has 1 atom stereocenters. The van der Waals surface area contributed by atoms with Gasteiger partial charge in [0.25, 0.3) is 0 Å². The molecule has 21 heavy (non-hydrogen) atoms. The van der Waals surface area contributed by atoms with Crippen molar-refractivity contribution in [3.63, 3.8) is 0 Å². The van der Waals surface area contributed by atoms with Crippen LogP contribution < -0.4 is 16.2 Å². The maximum absolute atomic E-state index is 6.32. The van der Waals surface area contributed by atoms with Crippen molar-refractivity contribution in [2.24, 2.45) is 12.9 Å². The molecule has 0 aliphatic carbocycles. The number of nitrogens with one attached hydrogen (secondary N) is 1. The topological polar surface area (TPSA) is 59.1 Å². The van der Waals surface area contributed by atoms with Crippen molar-refractivity contribution in [2.45, 2.75) is 19.4 Å². The number of benzene rings is 1. The van der Waals surface area contributed by atoms with Gasteiger partial charge in [0.05, 0.1) is 22.5 Å². The molecule has 0 bridgehead atoms. The second kappa shape index (κ2) is 6.47. The molecule has 1 heterocycles. The Morgan fingerprint density at radius 3 is 2.67 bits per heavy atom. The highest BCUT2D eigenvalue weighted by molar-refractivity contribution is 6.31. The lowest BCUT2D eigenvalue weighted by Gasteiger charge is -2.19. The summed E-state index contributed by atoms with van der Waals surface area (Å²) in [5, 5.41) is 5.06. The minimum atomic E-state index is -0.0165. The number of hydrogen-bond donors (Lipinski definition) is 2. The molecule has 0 aliphatic rings. The van der Waals surface area contributed by atoms with Crippen LogP contribution >= 0.6 is 11.6 Å². The second-order valence-corrected chi connectivity index (χ2v) is 5.76. The number of anilines is 1. The van der Waals surface area contributed by atoms with E-state index in [0.29, 0.717) is 11.4 Å². The van der Waals surface area contributed by atoms with E-state index in [-0.39, 0.29) is 6.04 Å². The van der Waals surface area contributed by atoms with Crippen LogP contribution in [0.15, 0.2) is 24.3 Å². The SMILES string of the molecule is Cc1nn(C)c(CC(NN)c2cccc(N(C)C)c2)c1Cl.